The van der Waals surface area contributed by atoms with Gasteiger partial charge in [0.15, 0.2) is 0 Å². The molecule has 0 spiro atoms. The smallest absolute Gasteiger partial charge is 0.393 e. The van der Waals surface area contributed by atoms with E-state index in [1.165, 1.54) is 17.1 Å². The number of anilines is 2. The van der Waals surface area contributed by atoms with E-state index >= 15 is 0 Å². The Morgan fingerprint density at radius 1 is 1.33 bits per heavy atom. The third kappa shape index (κ3) is 6.28. The first-order chi connectivity index (χ1) is 15.4. The van der Waals surface area contributed by atoms with Crippen molar-refractivity contribution in [1.82, 2.24) is 14.2 Å². The van der Waals surface area contributed by atoms with Crippen LogP contribution < -0.4 is 9.62 Å². The normalized spacial score (nSPS) is 15.3. The topological polar surface area (TPSA) is 120 Å². The number of carbonyl (C=O) groups excluding carboxylic acids is 1. The van der Waals surface area contributed by atoms with Crippen molar-refractivity contribution in [3.05, 3.63) is 46.4 Å². The summed E-state index contributed by atoms with van der Waals surface area (Å²) in [6.07, 6.45) is -2.70. The number of carbonyl (C=O) groups is 1. The Labute approximate surface area is 192 Å². The fourth-order valence-electron chi connectivity index (χ4n) is 3.38. The molecule has 10 nitrogen and oxygen atoms in total. The van der Waals surface area contributed by atoms with E-state index in [4.69, 9.17) is 16.3 Å². The number of urea groups is 1. The number of ether oxygens (including phenoxy) is 1. The highest BCUT2D eigenvalue weighted by Crippen LogP contribution is 2.29. The van der Waals surface area contributed by atoms with Crippen molar-refractivity contribution >= 4 is 39.2 Å². The molecule has 0 radical (unpaired) electrons. The standard InChI is InChI=1S/C18H20ClF3N5O5S/c1-25-11-16(10-23-25)26(15-2-4-32-5-3-15)33(30,31)27(29)17(28)24-14-7-12(6-13(19)8-14)9-18(20,21)22/h6-8,10-11,15H,2-5,9H2,1H3,(H,24,28)/q-1. The molecule has 3 rings (SSSR count). The quantitative estimate of drug-likeness (QED) is 0.594. The molecular weight excluding hydrogens is 491 g/mol. The van der Waals surface area contributed by atoms with Gasteiger partial charge in [-0.2, -0.15) is 26.7 Å². The summed E-state index contributed by atoms with van der Waals surface area (Å²) in [5.74, 6) is 0. The average molecular weight is 511 g/mol. The molecule has 1 aromatic carbocycles. The lowest BCUT2D eigenvalue weighted by molar-refractivity contribution is -0.127. The highest BCUT2D eigenvalue weighted by molar-refractivity contribution is 7.91. The van der Waals surface area contributed by atoms with Crippen LogP contribution in [-0.4, -0.2) is 54.1 Å². The van der Waals surface area contributed by atoms with E-state index in [0.717, 1.165) is 22.5 Å². The SMILES string of the molecule is Cn1cc(N(C2CCOCC2)S(=O)(=O)N([O-])C(=O)Nc2cc(Cl)cc(CC(F)(F)F)c2)cn1. The summed E-state index contributed by atoms with van der Waals surface area (Å²) in [6, 6.07) is 0.815. The largest absolute Gasteiger partial charge is 0.740 e. The number of hydroxylamine groups is 1. The lowest BCUT2D eigenvalue weighted by Crippen LogP contribution is -2.51. The van der Waals surface area contributed by atoms with Gasteiger partial charge in [-0.05, 0) is 36.6 Å². The van der Waals surface area contributed by atoms with Gasteiger partial charge >= 0.3 is 22.4 Å². The van der Waals surface area contributed by atoms with Crippen LogP contribution in [0.2, 0.25) is 5.02 Å². The summed E-state index contributed by atoms with van der Waals surface area (Å²) in [6.45, 7) is 0.513. The first-order valence-corrected chi connectivity index (χ1v) is 11.4. The van der Waals surface area contributed by atoms with Crippen molar-refractivity contribution in [2.45, 2.75) is 31.5 Å². The zero-order valence-corrected chi connectivity index (χ0v) is 18.8. The average Bonchev–Trinajstić information content (AvgIpc) is 3.11. The zero-order valence-electron chi connectivity index (χ0n) is 17.2. The molecule has 182 valence electrons. The fraction of sp³-hybridized carbons (Fsp3) is 0.444. The molecule has 1 aliphatic heterocycles. The van der Waals surface area contributed by atoms with Crippen molar-refractivity contribution in [3.63, 3.8) is 0 Å². The van der Waals surface area contributed by atoms with Crippen LogP contribution in [0, 0.1) is 5.21 Å². The molecule has 15 heteroatoms. The summed E-state index contributed by atoms with van der Waals surface area (Å²) in [7, 11) is -3.38. The van der Waals surface area contributed by atoms with E-state index in [-0.39, 0.29) is 48.0 Å². The van der Waals surface area contributed by atoms with Gasteiger partial charge in [0.25, 0.3) is 0 Å². The minimum Gasteiger partial charge on any atom is -0.740 e. The molecule has 0 bridgehead atoms. The molecule has 0 unspecified atom stereocenters. The summed E-state index contributed by atoms with van der Waals surface area (Å²) in [4.78, 5) is 12.5. The molecular formula is C18H20ClF3N5O5S-. The Kier molecular flexibility index (Phi) is 7.41. The van der Waals surface area contributed by atoms with E-state index in [1.54, 1.807) is 7.05 Å². The highest BCUT2D eigenvalue weighted by atomic mass is 35.5. The molecule has 2 heterocycles. The Hall–Kier alpha value is -2.55. The van der Waals surface area contributed by atoms with Crippen LogP contribution >= 0.6 is 11.6 Å². The van der Waals surface area contributed by atoms with E-state index in [1.807, 2.05) is 5.32 Å². The Morgan fingerprint density at radius 2 is 2.00 bits per heavy atom. The number of amides is 2. The van der Waals surface area contributed by atoms with Crippen LogP contribution in [-0.2, 0) is 28.4 Å². The maximum absolute atomic E-state index is 13.1. The number of nitrogens with one attached hydrogen (secondary N) is 1. The van der Waals surface area contributed by atoms with Crippen molar-refractivity contribution in [3.8, 4) is 0 Å². The van der Waals surface area contributed by atoms with Gasteiger partial charge in [0, 0.05) is 37.2 Å². The molecule has 2 aromatic rings. The molecule has 0 atom stereocenters. The Bertz CT molecular complexity index is 1110. The van der Waals surface area contributed by atoms with Crippen molar-refractivity contribution in [2.75, 3.05) is 22.8 Å². The molecule has 0 aliphatic carbocycles. The summed E-state index contributed by atoms with van der Waals surface area (Å²) < 4.78 is 70.9. The van der Waals surface area contributed by atoms with Crippen LogP contribution in [0.5, 0.6) is 0 Å². The second-order valence-electron chi connectivity index (χ2n) is 7.32. The number of halogens is 4. The molecule has 0 saturated carbocycles. The number of alkyl halides is 3. The minimum absolute atomic E-state index is 0.0771. The number of aryl methyl sites for hydroxylation is 1. The summed E-state index contributed by atoms with van der Waals surface area (Å²) in [5, 5.41) is 18.4. The van der Waals surface area contributed by atoms with E-state index in [2.05, 4.69) is 5.10 Å². The van der Waals surface area contributed by atoms with Gasteiger partial charge < -0.3 is 15.3 Å². The summed E-state index contributed by atoms with van der Waals surface area (Å²) >= 11 is 5.81. The van der Waals surface area contributed by atoms with E-state index in [9.17, 15) is 31.6 Å². The van der Waals surface area contributed by atoms with Gasteiger partial charge in [-0.15, -0.1) is 0 Å². The van der Waals surface area contributed by atoms with E-state index < -0.39 is 39.3 Å². The number of nitrogens with zero attached hydrogens (tertiary/aromatic N) is 4. The van der Waals surface area contributed by atoms with Crippen LogP contribution in [0.4, 0.5) is 29.3 Å². The molecule has 1 aromatic heterocycles. The second kappa shape index (κ2) is 9.75. The van der Waals surface area contributed by atoms with Gasteiger partial charge in [0.05, 0.1) is 24.3 Å². The minimum atomic E-state index is -4.93. The molecule has 1 saturated heterocycles. The van der Waals surface area contributed by atoms with Gasteiger partial charge in [0.2, 0.25) is 0 Å². The maximum Gasteiger partial charge on any atom is 0.393 e. The highest BCUT2D eigenvalue weighted by Gasteiger charge is 2.35. The molecule has 33 heavy (non-hydrogen) atoms. The van der Waals surface area contributed by atoms with Gasteiger partial charge in [-0.3, -0.25) is 9.15 Å². The van der Waals surface area contributed by atoms with Crippen LogP contribution in [0.25, 0.3) is 0 Å². The lowest BCUT2D eigenvalue weighted by Gasteiger charge is -2.39. The second-order valence-corrected chi connectivity index (χ2v) is 9.37. The molecule has 1 N–H and O–H groups in total. The van der Waals surface area contributed by atoms with Crippen molar-refractivity contribution in [1.29, 1.82) is 0 Å². The predicted molar refractivity (Wildman–Crippen MR) is 114 cm³/mol. The van der Waals surface area contributed by atoms with Crippen LogP contribution in [0.3, 0.4) is 0 Å². The Morgan fingerprint density at radius 3 is 2.58 bits per heavy atom. The molecule has 1 aliphatic rings. The van der Waals surface area contributed by atoms with Crippen molar-refractivity contribution in [2.24, 2.45) is 7.05 Å². The van der Waals surface area contributed by atoms with Crippen LogP contribution in [0.15, 0.2) is 30.6 Å². The predicted octanol–water partition coefficient (Wildman–Crippen LogP) is 3.44. The molecule has 1 fully saturated rings. The first-order valence-electron chi connectivity index (χ1n) is 9.62. The third-order valence-corrected chi connectivity index (χ3v) is 6.51. The number of rotatable bonds is 6. The summed E-state index contributed by atoms with van der Waals surface area (Å²) in [5.41, 5.74) is -0.458. The number of hydrogen-bond acceptors (Lipinski definition) is 6. The van der Waals surface area contributed by atoms with Gasteiger partial charge in [-0.1, -0.05) is 11.6 Å². The fourth-order valence-corrected chi connectivity index (χ4v) is 5.01. The Balaban J connectivity index is 1.85. The third-order valence-electron chi connectivity index (χ3n) is 4.71. The zero-order chi connectivity index (χ0) is 24.4. The number of hydrogen-bond donors (Lipinski definition) is 1. The van der Waals surface area contributed by atoms with Gasteiger partial charge in [-0.25, -0.2) is 9.10 Å². The van der Waals surface area contributed by atoms with Crippen molar-refractivity contribution < 1.29 is 31.1 Å². The number of aromatic nitrogens is 2. The maximum atomic E-state index is 13.1. The van der Waals surface area contributed by atoms with E-state index in [0.29, 0.717) is 0 Å². The first kappa shape index (κ1) is 25.1. The molecule has 2 amide bonds. The van der Waals surface area contributed by atoms with Gasteiger partial charge in [0.1, 0.15) is 0 Å². The van der Waals surface area contributed by atoms with Crippen LogP contribution in [0.1, 0.15) is 18.4 Å². The number of benzene rings is 1. The monoisotopic (exact) mass is 510 g/mol. The lowest BCUT2D eigenvalue weighted by atomic mass is 10.1.